The second-order valence-corrected chi connectivity index (χ2v) is 4.41. The van der Waals surface area contributed by atoms with Gasteiger partial charge in [-0.3, -0.25) is 4.99 Å². The van der Waals surface area contributed by atoms with E-state index < -0.39 is 0 Å². The number of nitrogens with zero attached hydrogens (tertiary/aromatic N) is 2. The zero-order valence-corrected chi connectivity index (χ0v) is 10.2. The lowest BCUT2D eigenvalue weighted by Crippen LogP contribution is -2.38. The van der Waals surface area contributed by atoms with Crippen LogP contribution in [-0.2, 0) is 0 Å². The molecule has 0 aromatic carbocycles. The van der Waals surface area contributed by atoms with Crippen LogP contribution in [-0.4, -0.2) is 30.5 Å². The molecule has 3 heteroatoms. The van der Waals surface area contributed by atoms with E-state index in [0.29, 0.717) is 0 Å². The number of likely N-dealkylation sites (tertiary alicyclic amines) is 1. The van der Waals surface area contributed by atoms with Crippen LogP contribution in [0.2, 0.25) is 0 Å². The molecular weight excluding hydrogens is 186 g/mol. The minimum atomic E-state index is 0.745. The molecule has 0 radical (unpaired) electrons. The highest BCUT2D eigenvalue weighted by atomic mass is 15.2. The first-order valence-electron chi connectivity index (χ1n) is 6.32. The molecule has 15 heavy (non-hydrogen) atoms. The number of aliphatic imine (C=N–C) groups is 1. The molecule has 0 spiro atoms. The monoisotopic (exact) mass is 211 g/mol. The van der Waals surface area contributed by atoms with E-state index in [2.05, 4.69) is 16.8 Å². The van der Waals surface area contributed by atoms with Crippen LogP contribution in [0.5, 0.6) is 0 Å². The van der Waals surface area contributed by atoms with Gasteiger partial charge < -0.3 is 10.6 Å². The predicted octanol–water partition coefficient (Wildman–Crippen LogP) is 2.22. The molecule has 1 fully saturated rings. The summed E-state index contributed by atoms with van der Waals surface area (Å²) in [5.74, 6) is 1.66. The molecule has 0 aromatic heterocycles. The summed E-state index contributed by atoms with van der Waals surface area (Å²) < 4.78 is 0. The highest BCUT2D eigenvalue weighted by molar-refractivity contribution is 5.78. The third-order valence-corrected chi connectivity index (χ3v) is 3.19. The van der Waals surface area contributed by atoms with E-state index >= 15 is 0 Å². The Bertz CT molecular complexity index is 201. The molecule has 1 aliphatic heterocycles. The van der Waals surface area contributed by atoms with Crippen molar-refractivity contribution in [3.63, 3.8) is 0 Å². The Hall–Kier alpha value is -0.730. The maximum absolute atomic E-state index is 5.92. The van der Waals surface area contributed by atoms with Crippen LogP contribution in [0.15, 0.2) is 4.99 Å². The molecule has 88 valence electrons. The van der Waals surface area contributed by atoms with Gasteiger partial charge >= 0.3 is 0 Å². The summed E-state index contributed by atoms with van der Waals surface area (Å²) in [6.07, 6.45) is 6.60. The average molecular weight is 211 g/mol. The molecule has 0 aromatic rings. The summed E-state index contributed by atoms with van der Waals surface area (Å²) in [6.45, 7) is 7.29. The second kappa shape index (κ2) is 6.70. The van der Waals surface area contributed by atoms with Crippen molar-refractivity contribution in [1.29, 1.82) is 0 Å². The van der Waals surface area contributed by atoms with Crippen LogP contribution in [0.25, 0.3) is 0 Å². The molecule has 0 bridgehead atoms. The summed E-state index contributed by atoms with van der Waals surface area (Å²) in [5.41, 5.74) is 5.92. The quantitative estimate of drug-likeness (QED) is 0.574. The molecule has 1 saturated heterocycles. The Morgan fingerprint density at radius 3 is 2.80 bits per heavy atom. The molecule has 0 amide bonds. The first-order chi connectivity index (χ1) is 7.27. The molecular formula is C12H25N3. The van der Waals surface area contributed by atoms with Crippen molar-refractivity contribution in [2.24, 2.45) is 16.6 Å². The molecule has 1 rings (SSSR count). The normalized spacial score (nSPS) is 24.0. The van der Waals surface area contributed by atoms with E-state index in [1.807, 2.05) is 6.92 Å². The molecule has 1 aliphatic rings. The summed E-state index contributed by atoms with van der Waals surface area (Å²) in [7, 11) is 0. The van der Waals surface area contributed by atoms with Gasteiger partial charge in [-0.15, -0.1) is 0 Å². The van der Waals surface area contributed by atoms with E-state index in [4.69, 9.17) is 5.73 Å². The number of nitrogens with two attached hydrogens (primary N) is 1. The minimum Gasteiger partial charge on any atom is -0.370 e. The standard InChI is InChI=1S/C12H25N3/c1-3-6-11-7-5-9-15(10-8-11)12(13)14-4-2/h11H,3-10H2,1-2H3,(H2,13,14). The van der Waals surface area contributed by atoms with Gasteiger partial charge in [0.2, 0.25) is 0 Å². The van der Waals surface area contributed by atoms with Gasteiger partial charge in [0.15, 0.2) is 5.96 Å². The minimum absolute atomic E-state index is 0.745. The van der Waals surface area contributed by atoms with Gasteiger partial charge in [0, 0.05) is 19.6 Å². The van der Waals surface area contributed by atoms with Gasteiger partial charge in [0.25, 0.3) is 0 Å². The van der Waals surface area contributed by atoms with Crippen LogP contribution in [0, 0.1) is 5.92 Å². The van der Waals surface area contributed by atoms with Gasteiger partial charge in [-0.25, -0.2) is 0 Å². The first kappa shape index (κ1) is 12.3. The number of guanidine groups is 1. The van der Waals surface area contributed by atoms with Crippen molar-refractivity contribution < 1.29 is 0 Å². The topological polar surface area (TPSA) is 41.6 Å². The van der Waals surface area contributed by atoms with Crippen LogP contribution >= 0.6 is 0 Å². The molecule has 0 saturated carbocycles. The molecule has 0 aliphatic carbocycles. The highest BCUT2D eigenvalue weighted by Crippen LogP contribution is 2.21. The molecule has 2 N–H and O–H groups in total. The fraction of sp³-hybridized carbons (Fsp3) is 0.917. The maximum atomic E-state index is 5.92. The number of rotatable bonds is 3. The van der Waals surface area contributed by atoms with E-state index in [-0.39, 0.29) is 0 Å². The lowest BCUT2D eigenvalue weighted by Gasteiger charge is -2.21. The van der Waals surface area contributed by atoms with Crippen LogP contribution < -0.4 is 5.73 Å². The number of hydrogen-bond donors (Lipinski definition) is 1. The van der Waals surface area contributed by atoms with Crippen molar-refractivity contribution in [1.82, 2.24) is 4.90 Å². The van der Waals surface area contributed by atoms with Gasteiger partial charge in [0.05, 0.1) is 0 Å². The fourth-order valence-corrected chi connectivity index (χ4v) is 2.35. The third kappa shape index (κ3) is 4.10. The highest BCUT2D eigenvalue weighted by Gasteiger charge is 2.17. The third-order valence-electron chi connectivity index (χ3n) is 3.19. The maximum Gasteiger partial charge on any atom is 0.191 e. The van der Waals surface area contributed by atoms with Crippen molar-refractivity contribution in [2.75, 3.05) is 19.6 Å². The van der Waals surface area contributed by atoms with Gasteiger partial charge in [-0.1, -0.05) is 19.8 Å². The predicted molar refractivity (Wildman–Crippen MR) is 66.0 cm³/mol. The summed E-state index contributed by atoms with van der Waals surface area (Å²) in [6, 6.07) is 0. The SMILES string of the molecule is CCCC1CCCN(C(N)=NCC)CC1. The van der Waals surface area contributed by atoms with Crippen molar-refractivity contribution in [2.45, 2.75) is 46.0 Å². The average Bonchev–Trinajstić information content (AvgIpc) is 2.44. The van der Waals surface area contributed by atoms with Gasteiger partial charge in [-0.2, -0.15) is 0 Å². The number of hydrogen-bond acceptors (Lipinski definition) is 1. The Morgan fingerprint density at radius 2 is 2.13 bits per heavy atom. The van der Waals surface area contributed by atoms with Gasteiger partial charge in [0.1, 0.15) is 0 Å². The molecule has 3 nitrogen and oxygen atoms in total. The zero-order chi connectivity index (χ0) is 11.1. The lowest BCUT2D eigenvalue weighted by atomic mass is 9.96. The Balaban J connectivity index is 2.41. The van der Waals surface area contributed by atoms with E-state index in [0.717, 1.165) is 31.5 Å². The molecule has 1 unspecified atom stereocenters. The smallest absolute Gasteiger partial charge is 0.191 e. The Morgan fingerprint density at radius 1 is 1.33 bits per heavy atom. The van der Waals surface area contributed by atoms with E-state index in [1.54, 1.807) is 0 Å². The largest absolute Gasteiger partial charge is 0.370 e. The molecule has 1 heterocycles. The van der Waals surface area contributed by atoms with Crippen LogP contribution in [0.1, 0.15) is 46.0 Å². The molecule has 1 atom stereocenters. The van der Waals surface area contributed by atoms with Crippen LogP contribution in [0.3, 0.4) is 0 Å². The summed E-state index contributed by atoms with van der Waals surface area (Å²) in [5, 5.41) is 0. The van der Waals surface area contributed by atoms with Crippen molar-refractivity contribution >= 4 is 5.96 Å². The first-order valence-corrected chi connectivity index (χ1v) is 6.32. The van der Waals surface area contributed by atoms with Gasteiger partial charge in [-0.05, 0) is 32.1 Å². The zero-order valence-electron chi connectivity index (χ0n) is 10.2. The second-order valence-electron chi connectivity index (χ2n) is 4.41. The Kier molecular flexibility index (Phi) is 5.51. The van der Waals surface area contributed by atoms with E-state index in [9.17, 15) is 0 Å². The summed E-state index contributed by atoms with van der Waals surface area (Å²) in [4.78, 5) is 6.53. The summed E-state index contributed by atoms with van der Waals surface area (Å²) >= 11 is 0. The van der Waals surface area contributed by atoms with Crippen LogP contribution in [0.4, 0.5) is 0 Å². The lowest BCUT2D eigenvalue weighted by molar-refractivity contribution is 0.399. The fourth-order valence-electron chi connectivity index (χ4n) is 2.35. The van der Waals surface area contributed by atoms with Crippen molar-refractivity contribution in [3.8, 4) is 0 Å². The van der Waals surface area contributed by atoms with E-state index in [1.165, 1.54) is 32.1 Å². The van der Waals surface area contributed by atoms with Crippen molar-refractivity contribution in [3.05, 3.63) is 0 Å². The Labute approximate surface area is 93.7 Å².